The van der Waals surface area contributed by atoms with E-state index in [9.17, 15) is 4.79 Å². The van der Waals surface area contributed by atoms with Gasteiger partial charge in [-0.15, -0.1) is 5.10 Å². The van der Waals surface area contributed by atoms with Crippen LogP contribution in [-0.4, -0.2) is 20.7 Å². The number of nitrogens with zero attached hydrogens (tertiary/aromatic N) is 3. The van der Waals surface area contributed by atoms with Crippen LogP contribution in [0.3, 0.4) is 0 Å². The summed E-state index contributed by atoms with van der Waals surface area (Å²) in [6, 6.07) is 31.9. The maximum absolute atomic E-state index is 13.7. The number of hydrogen-bond acceptors (Lipinski definition) is 7. The lowest BCUT2D eigenvalue weighted by molar-refractivity contribution is -0.140. The highest BCUT2D eigenvalue weighted by Gasteiger charge is 2.35. The predicted molar refractivity (Wildman–Crippen MR) is 174 cm³/mol. The number of halogens is 2. The quantitative estimate of drug-likeness (QED) is 0.121. The first-order valence-electron chi connectivity index (χ1n) is 13.9. The van der Waals surface area contributed by atoms with Gasteiger partial charge in [0.1, 0.15) is 25.0 Å². The van der Waals surface area contributed by atoms with Crippen molar-refractivity contribution in [2.24, 2.45) is 0 Å². The van der Waals surface area contributed by atoms with Crippen molar-refractivity contribution in [2.75, 3.05) is 5.32 Å². The molecule has 0 aliphatic carbocycles. The van der Waals surface area contributed by atoms with Crippen LogP contribution < -0.4 is 10.1 Å². The lowest BCUT2D eigenvalue weighted by atomic mass is 9.95. The number of carbonyl (C=O) groups is 1. The largest absolute Gasteiger partial charge is 0.489 e. The molecule has 6 rings (SSSR count). The predicted octanol–water partition coefficient (Wildman–Crippen LogP) is 8.49. The van der Waals surface area contributed by atoms with Gasteiger partial charge in [0.2, 0.25) is 11.1 Å². The molecule has 1 aliphatic rings. The van der Waals surface area contributed by atoms with Gasteiger partial charge in [0.05, 0.1) is 5.57 Å². The van der Waals surface area contributed by atoms with Gasteiger partial charge in [0.15, 0.2) is 0 Å². The summed E-state index contributed by atoms with van der Waals surface area (Å²) in [5.74, 6) is 1.30. The van der Waals surface area contributed by atoms with E-state index >= 15 is 0 Å². The molecule has 1 atom stereocenters. The van der Waals surface area contributed by atoms with Gasteiger partial charge in [0.25, 0.3) is 0 Å². The lowest BCUT2D eigenvalue weighted by Crippen LogP contribution is -2.29. The summed E-state index contributed by atoms with van der Waals surface area (Å²) in [5.41, 5.74) is 4.62. The summed E-state index contributed by atoms with van der Waals surface area (Å²) in [7, 11) is 0. The van der Waals surface area contributed by atoms with Crippen molar-refractivity contribution in [3.05, 3.63) is 147 Å². The molecule has 2 heterocycles. The van der Waals surface area contributed by atoms with Gasteiger partial charge in [0, 0.05) is 27.1 Å². The van der Waals surface area contributed by atoms with Crippen molar-refractivity contribution >= 4 is 46.9 Å². The fourth-order valence-corrected chi connectivity index (χ4v) is 6.18. The Morgan fingerprint density at radius 1 is 0.886 bits per heavy atom. The fourth-order valence-electron chi connectivity index (χ4n) is 4.87. The summed E-state index contributed by atoms with van der Waals surface area (Å²) < 4.78 is 13.7. The molecule has 1 unspecified atom stereocenters. The Labute approximate surface area is 269 Å². The first-order chi connectivity index (χ1) is 21.5. The van der Waals surface area contributed by atoms with Crippen LogP contribution in [0.15, 0.2) is 120 Å². The number of ether oxygens (including phenoxy) is 2. The summed E-state index contributed by atoms with van der Waals surface area (Å²) in [5, 5.41) is 9.98. The first kappa shape index (κ1) is 29.8. The van der Waals surface area contributed by atoms with Gasteiger partial charge in [-0.1, -0.05) is 114 Å². The number of anilines is 1. The van der Waals surface area contributed by atoms with Crippen LogP contribution >= 0.6 is 35.0 Å². The number of carbonyl (C=O) groups excluding carboxylic acids is 1. The second-order valence-electron chi connectivity index (χ2n) is 10.1. The first-order valence-corrected chi connectivity index (χ1v) is 15.7. The van der Waals surface area contributed by atoms with E-state index in [1.807, 2.05) is 110 Å². The van der Waals surface area contributed by atoms with Crippen molar-refractivity contribution in [2.45, 2.75) is 37.1 Å². The third-order valence-electron chi connectivity index (χ3n) is 7.11. The average molecular weight is 644 g/mol. The van der Waals surface area contributed by atoms with E-state index < -0.39 is 12.0 Å². The molecule has 5 aromatic rings. The monoisotopic (exact) mass is 642 g/mol. The van der Waals surface area contributed by atoms with Crippen molar-refractivity contribution in [1.82, 2.24) is 14.8 Å². The van der Waals surface area contributed by atoms with Crippen LogP contribution in [0.4, 0.5) is 5.95 Å². The Morgan fingerprint density at radius 3 is 2.34 bits per heavy atom. The van der Waals surface area contributed by atoms with E-state index in [0.717, 1.165) is 22.3 Å². The standard InChI is InChI=1S/C34H28Cl2N4O3S/c1-22-30(32(41)43-19-23-10-3-2-4-11-23)31(24-14-9-15-27(18-24)42-20-25-12-5-7-16-28(25)35)40-33(37-22)38-34(39-40)44-21-26-13-6-8-17-29(26)36/h2-18,31H,19-21H2,1H3,(H,37,38,39). The van der Waals surface area contributed by atoms with Crippen molar-refractivity contribution in [3.63, 3.8) is 0 Å². The molecule has 0 saturated heterocycles. The van der Waals surface area contributed by atoms with E-state index in [-0.39, 0.29) is 6.61 Å². The van der Waals surface area contributed by atoms with E-state index in [0.29, 0.717) is 50.5 Å². The van der Waals surface area contributed by atoms with Crippen LogP contribution in [0, 0.1) is 0 Å². The Balaban J connectivity index is 1.31. The Kier molecular flexibility index (Phi) is 9.21. The molecule has 4 aromatic carbocycles. The highest BCUT2D eigenvalue weighted by atomic mass is 35.5. The summed E-state index contributed by atoms with van der Waals surface area (Å²) in [6.45, 7) is 2.29. The molecule has 0 spiro atoms. The van der Waals surface area contributed by atoms with Crippen LogP contribution in [0.2, 0.25) is 10.0 Å². The van der Waals surface area contributed by atoms with Gasteiger partial charge >= 0.3 is 5.97 Å². The van der Waals surface area contributed by atoms with Crippen molar-refractivity contribution < 1.29 is 14.3 Å². The topological polar surface area (TPSA) is 78.3 Å². The molecule has 0 radical (unpaired) electrons. The third kappa shape index (κ3) is 6.78. The normalized spacial score (nSPS) is 14.1. The van der Waals surface area contributed by atoms with Gasteiger partial charge in [-0.3, -0.25) is 0 Å². The number of nitrogens with one attached hydrogen (secondary N) is 1. The average Bonchev–Trinajstić information content (AvgIpc) is 3.45. The Bertz CT molecular complexity index is 1830. The minimum absolute atomic E-state index is 0.146. The zero-order valence-electron chi connectivity index (χ0n) is 23.7. The summed E-state index contributed by atoms with van der Waals surface area (Å²) in [4.78, 5) is 18.5. The SMILES string of the molecule is CC1=C(C(=O)OCc2ccccc2)C(c2cccc(OCc3ccccc3Cl)c2)n2nc(SCc3ccccc3Cl)nc2N1. The molecule has 0 fully saturated rings. The molecule has 44 heavy (non-hydrogen) atoms. The smallest absolute Gasteiger partial charge is 0.338 e. The molecule has 1 aromatic heterocycles. The lowest BCUT2D eigenvalue weighted by Gasteiger charge is -2.28. The Morgan fingerprint density at radius 2 is 1.59 bits per heavy atom. The van der Waals surface area contributed by atoms with Crippen LogP contribution in [-0.2, 0) is 28.5 Å². The molecule has 0 amide bonds. The van der Waals surface area contributed by atoms with E-state index in [2.05, 4.69) is 5.32 Å². The van der Waals surface area contributed by atoms with E-state index in [1.54, 1.807) is 4.68 Å². The number of aromatic nitrogens is 3. The van der Waals surface area contributed by atoms with Crippen LogP contribution in [0.25, 0.3) is 0 Å². The van der Waals surface area contributed by atoms with Gasteiger partial charge in [-0.25, -0.2) is 9.48 Å². The van der Waals surface area contributed by atoms with Crippen molar-refractivity contribution in [3.8, 4) is 5.75 Å². The van der Waals surface area contributed by atoms with Crippen LogP contribution in [0.5, 0.6) is 5.75 Å². The number of hydrogen-bond donors (Lipinski definition) is 1. The van der Waals surface area contributed by atoms with Crippen molar-refractivity contribution in [1.29, 1.82) is 0 Å². The molecule has 0 bridgehead atoms. The van der Waals surface area contributed by atoms with Gasteiger partial charge in [-0.05, 0) is 47.9 Å². The van der Waals surface area contributed by atoms with E-state index in [1.165, 1.54) is 11.8 Å². The summed E-state index contributed by atoms with van der Waals surface area (Å²) >= 11 is 14.2. The molecule has 222 valence electrons. The molecule has 7 nitrogen and oxygen atoms in total. The minimum Gasteiger partial charge on any atom is -0.489 e. The highest BCUT2D eigenvalue weighted by Crippen LogP contribution is 2.38. The fraction of sp³-hybridized carbons (Fsp3) is 0.147. The summed E-state index contributed by atoms with van der Waals surface area (Å²) in [6.07, 6.45) is 0. The van der Waals surface area contributed by atoms with E-state index in [4.69, 9.17) is 42.8 Å². The highest BCUT2D eigenvalue weighted by molar-refractivity contribution is 7.98. The number of benzene rings is 4. The number of allylic oxidation sites excluding steroid dienone is 1. The van der Waals surface area contributed by atoms with Gasteiger partial charge < -0.3 is 14.8 Å². The molecular weight excluding hydrogens is 615 g/mol. The maximum Gasteiger partial charge on any atom is 0.338 e. The number of fused-ring (bicyclic) bond motifs is 1. The Hall–Kier alpha value is -4.24. The van der Waals surface area contributed by atoms with Gasteiger partial charge in [-0.2, -0.15) is 4.98 Å². The maximum atomic E-state index is 13.7. The number of thioether (sulfide) groups is 1. The minimum atomic E-state index is -0.611. The molecule has 1 N–H and O–H groups in total. The second kappa shape index (κ2) is 13.6. The zero-order chi connectivity index (χ0) is 30.5. The number of esters is 1. The second-order valence-corrected chi connectivity index (χ2v) is 11.9. The number of rotatable bonds is 10. The molecule has 10 heteroatoms. The molecular formula is C34H28Cl2N4O3S. The van der Waals surface area contributed by atoms with Crippen LogP contribution in [0.1, 0.15) is 35.2 Å². The molecule has 1 aliphatic heterocycles. The zero-order valence-corrected chi connectivity index (χ0v) is 26.1. The third-order valence-corrected chi connectivity index (χ3v) is 8.73. The molecule has 0 saturated carbocycles.